The maximum atomic E-state index is 13.4. The van der Waals surface area contributed by atoms with Crippen molar-refractivity contribution in [2.75, 3.05) is 26.8 Å². The molecule has 1 amide bonds. The van der Waals surface area contributed by atoms with Crippen LogP contribution in [0.4, 0.5) is 4.39 Å². The van der Waals surface area contributed by atoms with Gasteiger partial charge in [0.15, 0.2) is 0 Å². The standard InChI is InChI=1S/C19H21FN2O3/c1-25-12-11-22-17-8-10-21(9-7-14(17)5-6-18(22)23)19(24)15-3-2-4-16(20)13-15/h2-6,13H,7-12H2,1H3. The van der Waals surface area contributed by atoms with Crippen molar-refractivity contribution in [1.29, 1.82) is 0 Å². The number of carbonyl (C=O) groups excluding carboxylic acids is 1. The monoisotopic (exact) mass is 344 g/mol. The van der Waals surface area contributed by atoms with E-state index in [2.05, 4.69) is 0 Å². The molecule has 1 aliphatic rings. The smallest absolute Gasteiger partial charge is 0.253 e. The van der Waals surface area contributed by atoms with Crippen LogP contribution in [-0.2, 0) is 24.1 Å². The van der Waals surface area contributed by atoms with Gasteiger partial charge in [0, 0.05) is 50.5 Å². The van der Waals surface area contributed by atoms with Crippen molar-refractivity contribution >= 4 is 5.91 Å². The number of pyridine rings is 1. The first-order chi connectivity index (χ1) is 12.1. The summed E-state index contributed by atoms with van der Waals surface area (Å²) in [5, 5.41) is 0. The van der Waals surface area contributed by atoms with Crippen LogP contribution >= 0.6 is 0 Å². The van der Waals surface area contributed by atoms with Crippen LogP contribution in [0.25, 0.3) is 0 Å². The minimum Gasteiger partial charge on any atom is -0.383 e. The zero-order valence-electron chi connectivity index (χ0n) is 14.2. The lowest BCUT2D eigenvalue weighted by atomic mass is 10.1. The van der Waals surface area contributed by atoms with Crippen LogP contribution in [0.15, 0.2) is 41.2 Å². The number of ether oxygens (including phenoxy) is 1. The van der Waals surface area contributed by atoms with Crippen LogP contribution in [0.3, 0.4) is 0 Å². The lowest BCUT2D eigenvalue weighted by Gasteiger charge is -2.20. The zero-order valence-corrected chi connectivity index (χ0v) is 14.2. The molecule has 1 aromatic heterocycles. The fourth-order valence-electron chi connectivity index (χ4n) is 3.23. The van der Waals surface area contributed by atoms with Gasteiger partial charge in [-0.25, -0.2) is 4.39 Å². The molecule has 0 N–H and O–H groups in total. The summed E-state index contributed by atoms with van der Waals surface area (Å²) in [6.45, 7) is 2.00. The van der Waals surface area contributed by atoms with Gasteiger partial charge in [-0.15, -0.1) is 0 Å². The quantitative estimate of drug-likeness (QED) is 0.851. The first-order valence-corrected chi connectivity index (χ1v) is 8.35. The predicted octanol–water partition coefficient (Wildman–Crippen LogP) is 1.87. The van der Waals surface area contributed by atoms with E-state index in [1.807, 2.05) is 6.07 Å². The van der Waals surface area contributed by atoms with Gasteiger partial charge in [-0.1, -0.05) is 12.1 Å². The Morgan fingerprint density at radius 3 is 2.76 bits per heavy atom. The van der Waals surface area contributed by atoms with Crippen molar-refractivity contribution < 1.29 is 13.9 Å². The zero-order chi connectivity index (χ0) is 17.8. The SMILES string of the molecule is COCCn1c2c(ccc1=O)CCN(C(=O)c1cccc(F)c1)CC2. The van der Waals surface area contributed by atoms with E-state index in [1.165, 1.54) is 18.2 Å². The number of rotatable bonds is 4. The van der Waals surface area contributed by atoms with Crippen LogP contribution < -0.4 is 5.56 Å². The molecule has 0 spiro atoms. The van der Waals surface area contributed by atoms with Gasteiger partial charge in [0.2, 0.25) is 0 Å². The number of fused-ring (bicyclic) bond motifs is 1. The Kier molecular flexibility index (Phi) is 5.28. The summed E-state index contributed by atoms with van der Waals surface area (Å²) in [7, 11) is 1.60. The van der Waals surface area contributed by atoms with E-state index in [9.17, 15) is 14.0 Å². The fourth-order valence-corrected chi connectivity index (χ4v) is 3.23. The summed E-state index contributed by atoms with van der Waals surface area (Å²) in [5.41, 5.74) is 2.33. The molecular formula is C19H21FN2O3. The molecular weight excluding hydrogens is 323 g/mol. The summed E-state index contributed by atoms with van der Waals surface area (Å²) in [4.78, 5) is 26.5. The van der Waals surface area contributed by atoms with Gasteiger partial charge >= 0.3 is 0 Å². The van der Waals surface area contributed by atoms with E-state index in [0.29, 0.717) is 44.6 Å². The van der Waals surface area contributed by atoms with Gasteiger partial charge in [-0.2, -0.15) is 0 Å². The largest absolute Gasteiger partial charge is 0.383 e. The molecule has 2 aromatic rings. The van der Waals surface area contributed by atoms with E-state index in [4.69, 9.17) is 4.74 Å². The van der Waals surface area contributed by atoms with Gasteiger partial charge in [0.05, 0.1) is 6.61 Å². The van der Waals surface area contributed by atoms with Crippen LogP contribution in [0.1, 0.15) is 21.6 Å². The first kappa shape index (κ1) is 17.4. The number of halogens is 1. The molecule has 0 unspecified atom stereocenters. The van der Waals surface area contributed by atoms with Crippen molar-refractivity contribution in [2.24, 2.45) is 0 Å². The number of aromatic nitrogens is 1. The molecule has 0 atom stereocenters. The number of hydrogen-bond donors (Lipinski definition) is 0. The van der Waals surface area contributed by atoms with Crippen molar-refractivity contribution in [3.05, 3.63) is 69.4 Å². The van der Waals surface area contributed by atoms with Gasteiger partial charge in [-0.3, -0.25) is 9.59 Å². The fraction of sp³-hybridized carbons (Fsp3) is 0.368. The molecule has 25 heavy (non-hydrogen) atoms. The molecule has 0 fully saturated rings. The second-order valence-electron chi connectivity index (χ2n) is 6.09. The highest BCUT2D eigenvalue weighted by Gasteiger charge is 2.22. The van der Waals surface area contributed by atoms with Crippen molar-refractivity contribution in [2.45, 2.75) is 19.4 Å². The lowest BCUT2D eigenvalue weighted by molar-refractivity contribution is 0.0762. The summed E-state index contributed by atoms with van der Waals surface area (Å²) >= 11 is 0. The van der Waals surface area contributed by atoms with Gasteiger partial charge < -0.3 is 14.2 Å². The van der Waals surface area contributed by atoms with E-state index in [0.717, 1.165) is 11.3 Å². The summed E-state index contributed by atoms with van der Waals surface area (Å²) in [6.07, 6.45) is 1.26. The normalized spacial score (nSPS) is 14.1. The topological polar surface area (TPSA) is 51.5 Å². The summed E-state index contributed by atoms with van der Waals surface area (Å²) in [5.74, 6) is -0.601. The second kappa shape index (κ2) is 7.61. The van der Waals surface area contributed by atoms with Crippen LogP contribution in [-0.4, -0.2) is 42.2 Å². The average molecular weight is 344 g/mol. The summed E-state index contributed by atoms with van der Waals surface area (Å²) in [6, 6.07) is 9.16. The highest BCUT2D eigenvalue weighted by atomic mass is 19.1. The minimum atomic E-state index is -0.419. The number of benzene rings is 1. The van der Waals surface area contributed by atoms with E-state index < -0.39 is 5.82 Å². The maximum Gasteiger partial charge on any atom is 0.253 e. The van der Waals surface area contributed by atoms with Crippen molar-refractivity contribution in [3.63, 3.8) is 0 Å². The van der Waals surface area contributed by atoms with Gasteiger partial charge in [0.25, 0.3) is 11.5 Å². The molecule has 0 aliphatic carbocycles. The molecule has 132 valence electrons. The number of amides is 1. The van der Waals surface area contributed by atoms with Crippen LogP contribution in [0.5, 0.6) is 0 Å². The van der Waals surface area contributed by atoms with Crippen molar-refractivity contribution in [3.8, 4) is 0 Å². The lowest BCUT2D eigenvalue weighted by Crippen LogP contribution is -2.33. The van der Waals surface area contributed by atoms with Crippen LogP contribution in [0, 0.1) is 5.82 Å². The third-order valence-electron chi connectivity index (χ3n) is 4.54. The Labute approximate surface area is 145 Å². The third kappa shape index (κ3) is 3.79. The molecule has 0 bridgehead atoms. The number of carbonyl (C=O) groups is 1. The molecule has 0 saturated heterocycles. The maximum absolute atomic E-state index is 13.4. The molecule has 1 aliphatic heterocycles. The van der Waals surface area contributed by atoms with E-state index in [1.54, 1.807) is 28.7 Å². The van der Waals surface area contributed by atoms with Gasteiger partial charge in [0.1, 0.15) is 5.82 Å². The summed E-state index contributed by atoms with van der Waals surface area (Å²) < 4.78 is 20.2. The Morgan fingerprint density at radius 2 is 2.00 bits per heavy atom. The second-order valence-corrected chi connectivity index (χ2v) is 6.09. The number of nitrogens with zero attached hydrogens (tertiary/aromatic N) is 2. The Bertz CT molecular complexity index is 832. The molecule has 5 nitrogen and oxygen atoms in total. The highest BCUT2D eigenvalue weighted by molar-refractivity contribution is 5.94. The highest BCUT2D eigenvalue weighted by Crippen LogP contribution is 2.17. The Morgan fingerprint density at radius 1 is 1.20 bits per heavy atom. The molecule has 1 aromatic carbocycles. The molecule has 2 heterocycles. The van der Waals surface area contributed by atoms with E-state index in [-0.39, 0.29) is 11.5 Å². The first-order valence-electron chi connectivity index (χ1n) is 8.35. The molecule has 0 saturated carbocycles. The van der Waals surface area contributed by atoms with Crippen molar-refractivity contribution in [1.82, 2.24) is 9.47 Å². The molecule has 3 rings (SSSR count). The Balaban J connectivity index is 1.82. The van der Waals surface area contributed by atoms with Crippen LogP contribution in [0.2, 0.25) is 0 Å². The van der Waals surface area contributed by atoms with E-state index >= 15 is 0 Å². The molecule has 0 radical (unpaired) electrons. The number of methoxy groups -OCH3 is 1. The predicted molar refractivity (Wildman–Crippen MR) is 92.3 cm³/mol. The average Bonchev–Trinajstić information content (AvgIpc) is 2.83. The third-order valence-corrected chi connectivity index (χ3v) is 4.54. The Hall–Kier alpha value is -2.47. The molecule has 6 heteroatoms. The van der Waals surface area contributed by atoms with Gasteiger partial charge in [-0.05, 0) is 30.2 Å². The number of hydrogen-bond acceptors (Lipinski definition) is 3. The minimum absolute atomic E-state index is 0.0549.